The second-order valence-corrected chi connectivity index (χ2v) is 3.36. The number of nitro groups is 1. The lowest BCUT2D eigenvalue weighted by molar-refractivity contribution is -0.385. The van der Waals surface area contributed by atoms with Gasteiger partial charge in [-0.1, -0.05) is 6.07 Å². The lowest BCUT2D eigenvalue weighted by Crippen LogP contribution is -2.15. The maximum Gasteiger partial charge on any atom is 0.344 e. The first-order chi connectivity index (χ1) is 8.58. The summed E-state index contributed by atoms with van der Waals surface area (Å²) in [5.41, 5.74) is 5.90. The maximum absolute atomic E-state index is 11.1. The summed E-state index contributed by atoms with van der Waals surface area (Å²) in [4.78, 5) is 21.3. The summed E-state index contributed by atoms with van der Waals surface area (Å²) < 4.78 is 9.75. The molecule has 0 aliphatic heterocycles. The third kappa shape index (κ3) is 3.70. The molecule has 0 aliphatic carbocycles. The van der Waals surface area contributed by atoms with Crippen LogP contribution < -0.4 is 10.5 Å². The topological polar surface area (TPSA) is 105 Å². The number of esters is 1. The van der Waals surface area contributed by atoms with Gasteiger partial charge in [0.15, 0.2) is 12.4 Å². The van der Waals surface area contributed by atoms with Crippen LogP contribution in [-0.2, 0) is 16.1 Å². The van der Waals surface area contributed by atoms with Crippen molar-refractivity contribution in [2.24, 2.45) is 5.73 Å². The van der Waals surface area contributed by atoms with E-state index in [0.29, 0.717) is 5.56 Å². The number of carbonyl (C=O) groups is 1. The Morgan fingerprint density at radius 3 is 2.78 bits per heavy atom. The van der Waals surface area contributed by atoms with Gasteiger partial charge >= 0.3 is 11.7 Å². The molecule has 0 spiro atoms. The molecule has 0 heterocycles. The number of nitro benzene ring substituents is 1. The van der Waals surface area contributed by atoms with E-state index in [1.54, 1.807) is 6.92 Å². The van der Waals surface area contributed by atoms with Crippen LogP contribution in [0.25, 0.3) is 0 Å². The number of benzene rings is 1. The number of carbonyl (C=O) groups excluding carboxylic acids is 1. The minimum absolute atomic E-state index is 0.0102. The fourth-order valence-corrected chi connectivity index (χ4v) is 1.29. The fourth-order valence-electron chi connectivity index (χ4n) is 1.29. The zero-order valence-corrected chi connectivity index (χ0v) is 9.92. The molecule has 1 rings (SSSR count). The summed E-state index contributed by atoms with van der Waals surface area (Å²) in [5, 5.41) is 10.8. The van der Waals surface area contributed by atoms with Crippen molar-refractivity contribution in [1.29, 1.82) is 0 Å². The van der Waals surface area contributed by atoms with Gasteiger partial charge in [-0.25, -0.2) is 4.79 Å². The number of hydrogen-bond donors (Lipinski definition) is 1. The van der Waals surface area contributed by atoms with E-state index >= 15 is 0 Å². The second-order valence-electron chi connectivity index (χ2n) is 3.36. The van der Waals surface area contributed by atoms with Gasteiger partial charge in [0, 0.05) is 12.6 Å². The van der Waals surface area contributed by atoms with E-state index in [1.807, 2.05) is 0 Å². The Kier molecular flexibility index (Phi) is 5.06. The molecule has 1 aromatic rings. The van der Waals surface area contributed by atoms with Crippen molar-refractivity contribution in [3.63, 3.8) is 0 Å². The van der Waals surface area contributed by atoms with Crippen LogP contribution in [0, 0.1) is 10.1 Å². The van der Waals surface area contributed by atoms with E-state index in [4.69, 9.17) is 10.5 Å². The minimum Gasteiger partial charge on any atom is -0.475 e. The summed E-state index contributed by atoms with van der Waals surface area (Å²) in [5.74, 6) is -0.569. The van der Waals surface area contributed by atoms with Gasteiger partial charge in [0.1, 0.15) is 0 Å². The highest BCUT2D eigenvalue weighted by molar-refractivity contribution is 5.71. The molecule has 0 saturated heterocycles. The molecule has 7 heteroatoms. The van der Waals surface area contributed by atoms with E-state index in [9.17, 15) is 14.9 Å². The average molecular weight is 254 g/mol. The van der Waals surface area contributed by atoms with Crippen molar-refractivity contribution in [3.8, 4) is 5.75 Å². The average Bonchev–Trinajstić information content (AvgIpc) is 2.36. The molecule has 1 aromatic carbocycles. The molecule has 0 radical (unpaired) electrons. The van der Waals surface area contributed by atoms with E-state index in [2.05, 4.69) is 4.74 Å². The number of hydrogen-bond acceptors (Lipinski definition) is 6. The number of rotatable bonds is 6. The zero-order chi connectivity index (χ0) is 13.5. The smallest absolute Gasteiger partial charge is 0.344 e. The summed E-state index contributed by atoms with van der Waals surface area (Å²) in [7, 11) is 0. The zero-order valence-electron chi connectivity index (χ0n) is 9.92. The quantitative estimate of drug-likeness (QED) is 0.461. The molecule has 2 N–H and O–H groups in total. The Labute approximate surface area is 104 Å². The van der Waals surface area contributed by atoms with Crippen LogP contribution >= 0.6 is 0 Å². The summed E-state index contributed by atoms with van der Waals surface area (Å²) in [6, 6.07) is 4.27. The largest absolute Gasteiger partial charge is 0.475 e. The van der Waals surface area contributed by atoms with E-state index in [0.717, 1.165) is 0 Å². The number of nitrogens with zero attached hydrogens (tertiary/aromatic N) is 1. The van der Waals surface area contributed by atoms with Crippen LogP contribution in [0.1, 0.15) is 12.5 Å². The highest BCUT2D eigenvalue weighted by Crippen LogP contribution is 2.27. The molecule has 18 heavy (non-hydrogen) atoms. The van der Waals surface area contributed by atoms with Crippen molar-refractivity contribution < 1.29 is 19.2 Å². The Balaban J connectivity index is 2.84. The van der Waals surface area contributed by atoms with Crippen LogP contribution in [0.15, 0.2) is 18.2 Å². The molecule has 0 amide bonds. The molecule has 0 unspecified atom stereocenters. The van der Waals surface area contributed by atoms with E-state index in [-0.39, 0.29) is 31.2 Å². The maximum atomic E-state index is 11.1. The van der Waals surface area contributed by atoms with Crippen LogP contribution in [0.4, 0.5) is 5.69 Å². The van der Waals surface area contributed by atoms with Gasteiger partial charge in [0.2, 0.25) is 0 Å². The number of ether oxygens (including phenoxy) is 2. The molecular weight excluding hydrogens is 240 g/mol. The second kappa shape index (κ2) is 6.55. The Morgan fingerprint density at radius 1 is 1.50 bits per heavy atom. The van der Waals surface area contributed by atoms with Crippen molar-refractivity contribution in [2.45, 2.75) is 13.5 Å². The normalized spacial score (nSPS) is 9.89. The molecule has 0 aromatic heterocycles. The fraction of sp³-hybridized carbons (Fsp3) is 0.364. The predicted molar refractivity (Wildman–Crippen MR) is 63.1 cm³/mol. The summed E-state index contributed by atoms with van der Waals surface area (Å²) >= 11 is 0. The molecule has 0 aliphatic rings. The molecule has 7 nitrogen and oxygen atoms in total. The van der Waals surface area contributed by atoms with Crippen LogP contribution in [0.3, 0.4) is 0 Å². The van der Waals surface area contributed by atoms with Crippen molar-refractivity contribution in [2.75, 3.05) is 13.2 Å². The molecule has 98 valence electrons. The standard InChI is InChI=1S/C11H14N2O5/c1-2-17-11(14)7-18-10-5-8(6-12)3-4-9(10)13(15)16/h3-5H,2,6-7,12H2,1H3. The molecule has 0 atom stereocenters. The van der Waals surface area contributed by atoms with Crippen molar-refractivity contribution in [1.82, 2.24) is 0 Å². The highest BCUT2D eigenvalue weighted by Gasteiger charge is 2.16. The third-order valence-corrected chi connectivity index (χ3v) is 2.11. The van der Waals surface area contributed by atoms with Gasteiger partial charge < -0.3 is 15.2 Å². The van der Waals surface area contributed by atoms with E-state index in [1.165, 1.54) is 18.2 Å². The van der Waals surface area contributed by atoms with Gasteiger partial charge in [0.05, 0.1) is 11.5 Å². The highest BCUT2D eigenvalue weighted by atomic mass is 16.6. The monoisotopic (exact) mass is 254 g/mol. The van der Waals surface area contributed by atoms with Gasteiger partial charge in [-0.15, -0.1) is 0 Å². The Bertz CT molecular complexity index is 447. The van der Waals surface area contributed by atoms with Gasteiger partial charge in [0.25, 0.3) is 0 Å². The lowest BCUT2D eigenvalue weighted by atomic mass is 10.2. The predicted octanol–water partition coefficient (Wildman–Crippen LogP) is 0.995. The lowest BCUT2D eigenvalue weighted by Gasteiger charge is -2.07. The van der Waals surface area contributed by atoms with Crippen LogP contribution in [0.5, 0.6) is 5.75 Å². The van der Waals surface area contributed by atoms with Crippen molar-refractivity contribution in [3.05, 3.63) is 33.9 Å². The molecular formula is C11H14N2O5. The molecule has 0 fully saturated rings. The minimum atomic E-state index is -0.583. The van der Waals surface area contributed by atoms with E-state index < -0.39 is 10.9 Å². The number of nitrogens with two attached hydrogens (primary N) is 1. The summed E-state index contributed by atoms with van der Waals surface area (Å²) in [6.07, 6.45) is 0. The molecule has 0 saturated carbocycles. The first-order valence-electron chi connectivity index (χ1n) is 5.34. The van der Waals surface area contributed by atoms with Gasteiger partial charge in [-0.3, -0.25) is 10.1 Å². The van der Waals surface area contributed by atoms with Crippen molar-refractivity contribution >= 4 is 11.7 Å². The van der Waals surface area contributed by atoms with Gasteiger partial charge in [-0.05, 0) is 18.6 Å². The molecule has 0 bridgehead atoms. The van der Waals surface area contributed by atoms with Crippen LogP contribution in [0.2, 0.25) is 0 Å². The SMILES string of the molecule is CCOC(=O)COc1cc(CN)ccc1[N+](=O)[O-]. The first kappa shape index (κ1) is 13.9. The first-order valence-corrected chi connectivity index (χ1v) is 5.34. The third-order valence-electron chi connectivity index (χ3n) is 2.11. The van der Waals surface area contributed by atoms with Crippen LogP contribution in [-0.4, -0.2) is 24.1 Å². The Morgan fingerprint density at radius 2 is 2.22 bits per heavy atom. The summed E-state index contributed by atoms with van der Waals surface area (Å²) in [6.45, 7) is 1.75. The Hall–Kier alpha value is -2.15. The van der Waals surface area contributed by atoms with Gasteiger partial charge in [-0.2, -0.15) is 0 Å².